The monoisotopic (exact) mass is 407 g/mol. The van der Waals surface area contributed by atoms with Crippen LogP contribution >= 0.6 is 0 Å². The number of nitrogen functional groups attached to an aromatic ring is 1. The van der Waals surface area contributed by atoms with E-state index in [9.17, 15) is 4.79 Å². The van der Waals surface area contributed by atoms with E-state index >= 15 is 0 Å². The van der Waals surface area contributed by atoms with Crippen LogP contribution in [0.1, 0.15) is 76.3 Å². The largest absolute Gasteiger partial charge is 0.382 e. The Morgan fingerprint density at radius 2 is 1.87 bits per heavy atom. The molecule has 160 valence electrons. The molecular formula is C24H33N5O. The number of aromatic amines is 1. The number of nitrogens with one attached hydrogen (secondary N) is 1. The van der Waals surface area contributed by atoms with Crippen LogP contribution in [0.15, 0.2) is 27.6 Å². The standard InChI is InChI=1S/C24H33N5O/c1-14(15-6-4-3-5-7-15)12-19(26-2)18-13-29(22(16-8-9-16)17-10-11-17)24(30)20-21(18)27-28-23(20)25/h12-13,15-17,22H,3-11H2,1-2H3,(H3,25,27,28)/b14-12+,26-19?. The lowest BCUT2D eigenvalue weighted by Gasteiger charge is -2.23. The first-order chi connectivity index (χ1) is 14.6. The van der Waals surface area contributed by atoms with Gasteiger partial charge in [-0.15, -0.1) is 0 Å². The van der Waals surface area contributed by atoms with E-state index in [-0.39, 0.29) is 11.6 Å². The molecule has 0 bridgehead atoms. The number of anilines is 1. The highest BCUT2D eigenvalue weighted by molar-refractivity contribution is 6.16. The molecule has 0 aliphatic heterocycles. The summed E-state index contributed by atoms with van der Waals surface area (Å²) in [7, 11) is 1.83. The quantitative estimate of drug-likeness (QED) is 0.685. The third kappa shape index (κ3) is 3.50. The molecule has 3 aliphatic rings. The van der Waals surface area contributed by atoms with Crippen molar-refractivity contribution < 1.29 is 0 Å². The second-order valence-electron chi connectivity index (χ2n) is 9.61. The predicted octanol–water partition coefficient (Wildman–Crippen LogP) is 4.61. The van der Waals surface area contributed by atoms with E-state index in [4.69, 9.17) is 5.73 Å². The molecule has 3 saturated carbocycles. The van der Waals surface area contributed by atoms with Gasteiger partial charge in [-0.3, -0.25) is 14.9 Å². The average molecular weight is 408 g/mol. The number of H-pyrrole nitrogens is 1. The van der Waals surface area contributed by atoms with Gasteiger partial charge in [-0.2, -0.15) is 5.10 Å². The first kappa shape index (κ1) is 19.6. The molecule has 5 rings (SSSR count). The van der Waals surface area contributed by atoms with Crippen molar-refractivity contribution in [2.24, 2.45) is 22.7 Å². The second kappa shape index (κ2) is 7.71. The van der Waals surface area contributed by atoms with Crippen LogP contribution in [0.4, 0.5) is 5.82 Å². The maximum absolute atomic E-state index is 13.4. The van der Waals surface area contributed by atoms with Crippen molar-refractivity contribution in [3.8, 4) is 0 Å². The van der Waals surface area contributed by atoms with Gasteiger partial charge in [-0.1, -0.05) is 24.8 Å². The van der Waals surface area contributed by atoms with Crippen molar-refractivity contribution in [2.45, 2.75) is 70.8 Å². The van der Waals surface area contributed by atoms with E-state index in [1.54, 1.807) is 0 Å². The number of pyridine rings is 1. The molecule has 0 unspecified atom stereocenters. The molecule has 6 heteroatoms. The number of rotatable bonds is 6. The Kier molecular flexibility index (Phi) is 5.03. The lowest BCUT2D eigenvalue weighted by atomic mass is 9.83. The Morgan fingerprint density at radius 3 is 2.47 bits per heavy atom. The van der Waals surface area contributed by atoms with Crippen molar-refractivity contribution in [1.29, 1.82) is 0 Å². The molecule has 0 saturated heterocycles. The molecule has 2 heterocycles. The van der Waals surface area contributed by atoms with E-state index in [1.165, 1.54) is 63.4 Å². The van der Waals surface area contributed by atoms with E-state index in [1.807, 2.05) is 17.8 Å². The minimum absolute atomic E-state index is 0.00719. The fourth-order valence-corrected chi connectivity index (χ4v) is 5.44. The zero-order valence-electron chi connectivity index (χ0n) is 18.2. The maximum Gasteiger partial charge on any atom is 0.264 e. The third-order valence-corrected chi connectivity index (χ3v) is 7.44. The van der Waals surface area contributed by atoms with Gasteiger partial charge < -0.3 is 10.3 Å². The first-order valence-corrected chi connectivity index (χ1v) is 11.6. The van der Waals surface area contributed by atoms with E-state index in [0.717, 1.165) is 11.3 Å². The van der Waals surface area contributed by atoms with Crippen LogP contribution in [0.3, 0.4) is 0 Å². The Hall–Kier alpha value is -2.37. The van der Waals surface area contributed by atoms with E-state index in [0.29, 0.717) is 34.5 Å². The van der Waals surface area contributed by atoms with Gasteiger partial charge >= 0.3 is 0 Å². The zero-order chi connectivity index (χ0) is 20.8. The number of nitrogens with zero attached hydrogens (tertiary/aromatic N) is 3. The molecule has 0 radical (unpaired) electrons. The van der Waals surface area contributed by atoms with Gasteiger partial charge in [-0.05, 0) is 69.3 Å². The number of hydrogen-bond acceptors (Lipinski definition) is 4. The summed E-state index contributed by atoms with van der Waals surface area (Å²) in [5.41, 5.74) is 10.1. The van der Waals surface area contributed by atoms with Crippen LogP contribution in [-0.4, -0.2) is 27.5 Å². The summed E-state index contributed by atoms with van der Waals surface area (Å²) in [6.07, 6.45) is 15.6. The minimum atomic E-state index is -0.00719. The summed E-state index contributed by atoms with van der Waals surface area (Å²) >= 11 is 0. The smallest absolute Gasteiger partial charge is 0.264 e. The molecule has 0 amide bonds. The maximum atomic E-state index is 13.4. The van der Waals surface area contributed by atoms with Crippen molar-refractivity contribution >= 4 is 22.4 Å². The summed E-state index contributed by atoms with van der Waals surface area (Å²) in [5, 5.41) is 7.73. The fraction of sp³-hybridized carbons (Fsp3) is 0.625. The lowest BCUT2D eigenvalue weighted by molar-refractivity contribution is 0.386. The number of aromatic nitrogens is 3. The van der Waals surface area contributed by atoms with Gasteiger partial charge in [0.15, 0.2) is 5.82 Å². The van der Waals surface area contributed by atoms with Crippen LogP contribution < -0.4 is 11.3 Å². The number of nitrogens with two attached hydrogens (primary N) is 1. The molecule has 3 aliphatic carbocycles. The fourth-order valence-electron chi connectivity index (χ4n) is 5.44. The van der Waals surface area contributed by atoms with Crippen LogP contribution in [0.25, 0.3) is 10.9 Å². The molecule has 0 atom stereocenters. The highest BCUT2D eigenvalue weighted by Gasteiger charge is 2.43. The Balaban J connectivity index is 1.62. The van der Waals surface area contributed by atoms with Crippen molar-refractivity contribution in [1.82, 2.24) is 14.8 Å². The molecular weight excluding hydrogens is 374 g/mol. The highest BCUT2D eigenvalue weighted by atomic mass is 16.1. The number of aliphatic imine (C=N–C) groups is 1. The van der Waals surface area contributed by atoms with Crippen LogP contribution in [-0.2, 0) is 0 Å². The van der Waals surface area contributed by atoms with Gasteiger partial charge in [0.2, 0.25) is 0 Å². The van der Waals surface area contributed by atoms with E-state index < -0.39 is 0 Å². The van der Waals surface area contributed by atoms with E-state index in [2.05, 4.69) is 28.2 Å². The minimum Gasteiger partial charge on any atom is -0.382 e. The zero-order valence-corrected chi connectivity index (χ0v) is 18.2. The lowest BCUT2D eigenvalue weighted by Crippen LogP contribution is -2.28. The molecule has 30 heavy (non-hydrogen) atoms. The molecule has 6 nitrogen and oxygen atoms in total. The first-order valence-electron chi connectivity index (χ1n) is 11.6. The van der Waals surface area contributed by atoms with Crippen LogP contribution in [0.5, 0.6) is 0 Å². The summed E-state index contributed by atoms with van der Waals surface area (Å²) in [5.74, 6) is 2.17. The predicted molar refractivity (Wildman–Crippen MR) is 122 cm³/mol. The molecule has 0 aromatic carbocycles. The normalized spacial score (nSPS) is 21.7. The summed E-state index contributed by atoms with van der Waals surface area (Å²) in [6, 6.07) is 0.288. The number of allylic oxidation sites excluding steroid dienone is 2. The number of fused-ring (bicyclic) bond motifs is 1. The van der Waals surface area contributed by atoms with Crippen LogP contribution in [0.2, 0.25) is 0 Å². The van der Waals surface area contributed by atoms with Crippen LogP contribution in [0, 0.1) is 17.8 Å². The third-order valence-electron chi connectivity index (χ3n) is 7.44. The van der Waals surface area contributed by atoms with Gasteiger partial charge in [-0.25, -0.2) is 0 Å². The second-order valence-corrected chi connectivity index (χ2v) is 9.61. The van der Waals surface area contributed by atoms with Crippen molar-refractivity contribution in [3.63, 3.8) is 0 Å². The van der Waals surface area contributed by atoms with Gasteiger partial charge in [0, 0.05) is 24.8 Å². The van der Waals surface area contributed by atoms with Gasteiger partial charge in [0.05, 0.1) is 11.2 Å². The highest BCUT2D eigenvalue weighted by Crippen LogP contribution is 2.51. The molecule has 2 aromatic rings. The Labute approximate surface area is 177 Å². The average Bonchev–Trinajstić information content (AvgIpc) is 3.69. The van der Waals surface area contributed by atoms with Crippen molar-refractivity contribution in [2.75, 3.05) is 12.8 Å². The van der Waals surface area contributed by atoms with Gasteiger partial charge in [0.25, 0.3) is 5.56 Å². The molecule has 0 spiro atoms. The Morgan fingerprint density at radius 1 is 1.20 bits per heavy atom. The molecule has 3 fully saturated rings. The SMILES string of the molecule is CN=C(/C=C(\C)C1CCCCC1)c1cn(C(C2CC2)C2CC2)c(=O)c2c(N)n[nH]c12. The topological polar surface area (TPSA) is 89.1 Å². The summed E-state index contributed by atoms with van der Waals surface area (Å²) < 4.78 is 1.98. The number of hydrogen-bond donors (Lipinski definition) is 2. The summed E-state index contributed by atoms with van der Waals surface area (Å²) in [4.78, 5) is 18.1. The van der Waals surface area contributed by atoms with Crippen molar-refractivity contribution in [3.05, 3.63) is 33.8 Å². The Bertz CT molecular complexity index is 1050. The summed E-state index contributed by atoms with van der Waals surface area (Å²) in [6.45, 7) is 2.23. The molecule has 2 aromatic heterocycles. The molecule has 3 N–H and O–H groups in total. The van der Waals surface area contributed by atoms with Gasteiger partial charge in [0.1, 0.15) is 5.39 Å².